The Labute approximate surface area is 136 Å². The number of carbonyl (C=O) groups is 1. The van der Waals surface area contributed by atoms with Crippen LogP contribution < -0.4 is 0 Å². The van der Waals surface area contributed by atoms with Crippen LogP contribution in [0.15, 0.2) is 24.3 Å². The first-order valence-electron chi connectivity index (χ1n) is 8.06. The lowest BCUT2D eigenvalue weighted by molar-refractivity contribution is 0.0738. The van der Waals surface area contributed by atoms with Crippen LogP contribution in [0, 0.1) is 19.7 Å². The van der Waals surface area contributed by atoms with Crippen LogP contribution in [0.3, 0.4) is 0 Å². The number of aromatic nitrogens is 2. The van der Waals surface area contributed by atoms with Crippen molar-refractivity contribution in [3.63, 3.8) is 0 Å². The second-order valence-electron chi connectivity index (χ2n) is 5.67. The highest BCUT2D eigenvalue weighted by Gasteiger charge is 2.21. The molecule has 23 heavy (non-hydrogen) atoms. The molecule has 1 aromatic heterocycles. The van der Waals surface area contributed by atoms with Crippen LogP contribution in [0.25, 0.3) is 0 Å². The standard InChI is InChI=1S/C18H24FN3O/c1-5-11-21(18(23)15-9-7-8-10-17(15)19)12-16-13(3)20-22(6-2)14(16)4/h7-10H,5-6,11-12H2,1-4H3. The van der Waals surface area contributed by atoms with E-state index in [-0.39, 0.29) is 11.5 Å². The molecule has 124 valence electrons. The maximum absolute atomic E-state index is 13.9. The monoisotopic (exact) mass is 317 g/mol. The molecule has 0 radical (unpaired) electrons. The molecule has 0 saturated heterocycles. The quantitative estimate of drug-likeness (QED) is 0.814. The predicted octanol–water partition coefficient (Wildman–Crippen LogP) is 3.71. The molecule has 1 heterocycles. The van der Waals surface area contributed by atoms with Crippen LogP contribution in [-0.2, 0) is 13.1 Å². The minimum absolute atomic E-state index is 0.124. The van der Waals surface area contributed by atoms with E-state index in [4.69, 9.17) is 0 Å². The van der Waals surface area contributed by atoms with Gasteiger partial charge in [-0.15, -0.1) is 0 Å². The molecule has 1 aromatic carbocycles. The predicted molar refractivity (Wildman–Crippen MR) is 88.8 cm³/mol. The maximum atomic E-state index is 13.9. The Bertz CT molecular complexity index is 694. The summed E-state index contributed by atoms with van der Waals surface area (Å²) in [5, 5.41) is 4.50. The topological polar surface area (TPSA) is 38.1 Å². The van der Waals surface area contributed by atoms with E-state index in [0.29, 0.717) is 13.1 Å². The smallest absolute Gasteiger partial charge is 0.257 e. The summed E-state index contributed by atoms with van der Waals surface area (Å²) in [5.74, 6) is -0.746. The summed E-state index contributed by atoms with van der Waals surface area (Å²) in [4.78, 5) is 14.4. The van der Waals surface area contributed by atoms with E-state index in [2.05, 4.69) is 5.10 Å². The molecular formula is C18H24FN3O. The fourth-order valence-electron chi connectivity index (χ4n) is 2.79. The molecule has 0 unspecified atom stereocenters. The Morgan fingerprint density at radius 3 is 2.52 bits per heavy atom. The minimum Gasteiger partial charge on any atom is -0.334 e. The Morgan fingerprint density at radius 2 is 1.96 bits per heavy atom. The third-order valence-corrected chi connectivity index (χ3v) is 4.06. The second-order valence-corrected chi connectivity index (χ2v) is 5.67. The first-order chi connectivity index (χ1) is 11.0. The molecule has 0 spiro atoms. The normalized spacial score (nSPS) is 10.8. The van der Waals surface area contributed by atoms with Gasteiger partial charge in [0, 0.05) is 30.9 Å². The van der Waals surface area contributed by atoms with Crippen molar-refractivity contribution in [2.45, 2.75) is 47.2 Å². The summed E-state index contributed by atoms with van der Waals surface area (Å²) < 4.78 is 15.9. The van der Waals surface area contributed by atoms with Gasteiger partial charge in [0.2, 0.25) is 0 Å². The molecule has 0 atom stereocenters. The molecule has 0 saturated carbocycles. The number of carbonyl (C=O) groups excluding carboxylic acids is 1. The van der Waals surface area contributed by atoms with E-state index in [1.54, 1.807) is 17.0 Å². The van der Waals surface area contributed by atoms with Crippen LogP contribution in [-0.4, -0.2) is 27.1 Å². The lowest BCUT2D eigenvalue weighted by Gasteiger charge is -2.23. The summed E-state index contributed by atoms with van der Waals surface area (Å²) in [7, 11) is 0. The number of halogens is 1. The Kier molecular flexibility index (Phi) is 5.53. The number of amides is 1. The first-order valence-corrected chi connectivity index (χ1v) is 8.06. The van der Waals surface area contributed by atoms with Crippen molar-refractivity contribution in [2.24, 2.45) is 0 Å². The van der Waals surface area contributed by atoms with Gasteiger partial charge in [0.1, 0.15) is 5.82 Å². The number of aryl methyl sites for hydroxylation is 2. The van der Waals surface area contributed by atoms with Gasteiger partial charge in [0.25, 0.3) is 5.91 Å². The number of hydrogen-bond acceptors (Lipinski definition) is 2. The molecule has 0 fully saturated rings. The SMILES string of the molecule is CCCN(Cc1c(C)nn(CC)c1C)C(=O)c1ccccc1F. The van der Waals surface area contributed by atoms with Gasteiger partial charge in [0.05, 0.1) is 11.3 Å². The van der Waals surface area contributed by atoms with Crippen LogP contribution in [0.2, 0.25) is 0 Å². The average Bonchev–Trinajstić information content (AvgIpc) is 2.81. The van der Waals surface area contributed by atoms with Crippen molar-refractivity contribution < 1.29 is 9.18 Å². The van der Waals surface area contributed by atoms with Gasteiger partial charge in [-0.3, -0.25) is 9.48 Å². The maximum Gasteiger partial charge on any atom is 0.257 e. The third kappa shape index (κ3) is 3.60. The number of hydrogen-bond donors (Lipinski definition) is 0. The van der Waals surface area contributed by atoms with Crippen LogP contribution in [0.4, 0.5) is 4.39 Å². The molecular weight excluding hydrogens is 293 g/mol. The van der Waals surface area contributed by atoms with Crippen LogP contribution in [0.5, 0.6) is 0 Å². The Balaban J connectivity index is 2.31. The zero-order chi connectivity index (χ0) is 17.0. The van der Waals surface area contributed by atoms with Gasteiger partial charge in [-0.05, 0) is 39.3 Å². The van der Waals surface area contributed by atoms with Gasteiger partial charge in [-0.1, -0.05) is 19.1 Å². The van der Waals surface area contributed by atoms with Crippen molar-refractivity contribution in [1.82, 2.24) is 14.7 Å². The first kappa shape index (κ1) is 17.2. The molecule has 0 aliphatic carbocycles. The van der Waals surface area contributed by atoms with Crippen molar-refractivity contribution in [2.75, 3.05) is 6.54 Å². The van der Waals surface area contributed by atoms with E-state index in [0.717, 1.165) is 29.9 Å². The fourth-order valence-corrected chi connectivity index (χ4v) is 2.79. The van der Waals surface area contributed by atoms with Crippen molar-refractivity contribution >= 4 is 5.91 Å². The highest BCUT2D eigenvalue weighted by atomic mass is 19.1. The second kappa shape index (κ2) is 7.40. The van der Waals surface area contributed by atoms with E-state index < -0.39 is 5.82 Å². The Morgan fingerprint density at radius 1 is 1.26 bits per heavy atom. The molecule has 5 heteroatoms. The van der Waals surface area contributed by atoms with Crippen molar-refractivity contribution in [3.8, 4) is 0 Å². The van der Waals surface area contributed by atoms with Crippen molar-refractivity contribution in [3.05, 3.63) is 52.6 Å². The van der Waals surface area contributed by atoms with E-state index in [1.807, 2.05) is 32.4 Å². The average molecular weight is 317 g/mol. The van der Waals surface area contributed by atoms with Crippen LogP contribution in [0.1, 0.15) is 47.6 Å². The Hall–Kier alpha value is -2.17. The molecule has 0 aliphatic heterocycles. The summed E-state index contributed by atoms with van der Waals surface area (Å²) >= 11 is 0. The van der Waals surface area contributed by atoms with E-state index in [1.165, 1.54) is 12.1 Å². The summed E-state index contributed by atoms with van der Waals surface area (Å²) in [5.41, 5.74) is 3.16. The van der Waals surface area contributed by atoms with Gasteiger partial charge in [-0.2, -0.15) is 5.10 Å². The summed E-state index contributed by atoms with van der Waals surface area (Å²) in [6, 6.07) is 6.14. The zero-order valence-corrected chi connectivity index (χ0v) is 14.3. The number of nitrogens with zero attached hydrogens (tertiary/aromatic N) is 3. The van der Waals surface area contributed by atoms with Gasteiger partial charge < -0.3 is 4.90 Å². The van der Waals surface area contributed by atoms with Crippen LogP contribution >= 0.6 is 0 Å². The molecule has 2 aromatic rings. The zero-order valence-electron chi connectivity index (χ0n) is 14.3. The fraction of sp³-hybridized carbons (Fsp3) is 0.444. The highest BCUT2D eigenvalue weighted by Crippen LogP contribution is 2.18. The largest absolute Gasteiger partial charge is 0.334 e. The molecule has 0 N–H and O–H groups in total. The lowest BCUT2D eigenvalue weighted by atomic mass is 10.1. The molecule has 4 nitrogen and oxygen atoms in total. The number of rotatable bonds is 6. The van der Waals surface area contributed by atoms with Crippen molar-refractivity contribution in [1.29, 1.82) is 0 Å². The van der Waals surface area contributed by atoms with E-state index in [9.17, 15) is 9.18 Å². The molecule has 0 aliphatic rings. The molecule has 2 rings (SSSR count). The lowest BCUT2D eigenvalue weighted by Crippen LogP contribution is -2.32. The van der Waals surface area contributed by atoms with E-state index >= 15 is 0 Å². The minimum atomic E-state index is -0.476. The molecule has 0 bridgehead atoms. The highest BCUT2D eigenvalue weighted by molar-refractivity contribution is 5.94. The molecule has 1 amide bonds. The van der Waals surface area contributed by atoms with Gasteiger partial charge >= 0.3 is 0 Å². The number of benzene rings is 1. The summed E-state index contributed by atoms with van der Waals surface area (Å²) in [6.07, 6.45) is 0.820. The summed E-state index contributed by atoms with van der Waals surface area (Å²) in [6.45, 7) is 9.85. The van der Waals surface area contributed by atoms with Gasteiger partial charge in [0.15, 0.2) is 0 Å². The third-order valence-electron chi connectivity index (χ3n) is 4.06. The van der Waals surface area contributed by atoms with Gasteiger partial charge in [-0.25, -0.2) is 4.39 Å².